The highest BCUT2D eigenvalue weighted by molar-refractivity contribution is 7.89. The minimum atomic E-state index is -3.70. The third-order valence-electron chi connectivity index (χ3n) is 11.7. The summed E-state index contributed by atoms with van der Waals surface area (Å²) >= 11 is 12.7. The van der Waals surface area contributed by atoms with Gasteiger partial charge in [0.1, 0.15) is 11.2 Å². The van der Waals surface area contributed by atoms with E-state index in [1.165, 1.54) is 6.07 Å². The van der Waals surface area contributed by atoms with Crippen molar-refractivity contribution in [2.45, 2.75) is 99.1 Å². The summed E-state index contributed by atoms with van der Waals surface area (Å²) in [5.74, 6) is -2.72. The molecule has 2 spiro atoms. The molecule has 2 aliphatic heterocycles. The van der Waals surface area contributed by atoms with Gasteiger partial charge in [-0.05, 0) is 80.7 Å². The first-order valence-corrected chi connectivity index (χ1v) is 18.6. The molecule has 0 unspecified atom stereocenters. The van der Waals surface area contributed by atoms with Gasteiger partial charge in [0.25, 0.3) is 0 Å². The minimum Gasteiger partial charge on any atom is -0.349 e. The van der Waals surface area contributed by atoms with Gasteiger partial charge in [-0.3, -0.25) is 24.4 Å². The number of carbonyl (C=O) groups is 3. The predicted octanol–water partition coefficient (Wildman–Crippen LogP) is 5.07. The Labute approximate surface area is 277 Å². The molecule has 9 nitrogen and oxygen atoms in total. The van der Waals surface area contributed by atoms with Crippen LogP contribution in [-0.2, 0) is 29.8 Å². The lowest BCUT2D eigenvalue weighted by Crippen LogP contribution is -2.63. The quantitative estimate of drug-likeness (QED) is 0.347. The van der Waals surface area contributed by atoms with Crippen molar-refractivity contribution in [1.29, 1.82) is 0 Å². The van der Waals surface area contributed by atoms with Crippen molar-refractivity contribution in [3.63, 3.8) is 0 Å². The van der Waals surface area contributed by atoms with Gasteiger partial charge in [-0.2, -0.15) is 0 Å². The summed E-state index contributed by atoms with van der Waals surface area (Å²) in [5, 5.41) is 10.4. The van der Waals surface area contributed by atoms with Crippen LogP contribution in [-0.4, -0.2) is 49.5 Å². The molecule has 246 valence electrons. The Bertz CT molecular complexity index is 1740. The van der Waals surface area contributed by atoms with Gasteiger partial charge in [0.15, 0.2) is 0 Å². The first-order valence-electron chi connectivity index (χ1n) is 15.9. The number of hydrogen-bond donors (Lipinski definition) is 4. The summed E-state index contributed by atoms with van der Waals surface area (Å²) in [6.07, 6.45) is 7.66. The Balaban J connectivity index is 1.29. The molecule has 6 aliphatic rings. The fourth-order valence-electron chi connectivity index (χ4n) is 9.55. The molecule has 4 aliphatic carbocycles. The number of amides is 3. The fraction of sp³-hybridized carbons (Fsp3) is 0.545. The zero-order valence-electron chi connectivity index (χ0n) is 25.5. The highest BCUT2D eigenvalue weighted by Gasteiger charge is 2.72. The van der Waals surface area contributed by atoms with E-state index >= 15 is 4.39 Å². The van der Waals surface area contributed by atoms with Crippen LogP contribution in [0.2, 0.25) is 10.0 Å². The number of carbonyl (C=O) groups excluding carboxylic acids is 3. The van der Waals surface area contributed by atoms with E-state index in [0.717, 1.165) is 25.5 Å². The summed E-state index contributed by atoms with van der Waals surface area (Å²) in [6, 6.07) is 9.00. The molecule has 46 heavy (non-hydrogen) atoms. The number of halogens is 3. The molecule has 5 fully saturated rings. The first-order chi connectivity index (χ1) is 21.7. The Morgan fingerprint density at radius 1 is 0.957 bits per heavy atom. The second-order valence-corrected chi connectivity index (χ2v) is 16.7. The number of benzene rings is 2. The molecule has 3 atom stereocenters. The van der Waals surface area contributed by atoms with Crippen LogP contribution >= 0.6 is 23.2 Å². The van der Waals surface area contributed by atoms with Gasteiger partial charge in [-0.15, -0.1) is 0 Å². The maximum atomic E-state index is 16.2. The van der Waals surface area contributed by atoms with Gasteiger partial charge < -0.3 is 10.6 Å². The molecule has 4 saturated carbocycles. The van der Waals surface area contributed by atoms with Crippen molar-refractivity contribution < 1.29 is 27.2 Å². The molecule has 0 aromatic heterocycles. The largest absolute Gasteiger partial charge is 0.349 e. The lowest BCUT2D eigenvalue weighted by molar-refractivity contribution is -0.138. The molecule has 2 bridgehead atoms. The molecule has 0 radical (unpaired) electrons. The minimum absolute atomic E-state index is 0.0898. The average molecular weight is 692 g/mol. The predicted molar refractivity (Wildman–Crippen MR) is 173 cm³/mol. The normalized spacial score (nSPS) is 32.7. The summed E-state index contributed by atoms with van der Waals surface area (Å²) in [6.45, 7) is 0. The smallest absolute Gasteiger partial charge is 0.239 e. The Hall–Kier alpha value is -2.73. The van der Waals surface area contributed by atoms with E-state index in [9.17, 15) is 22.8 Å². The molecule has 2 heterocycles. The van der Waals surface area contributed by atoms with Crippen LogP contribution < -0.4 is 20.7 Å². The highest BCUT2D eigenvalue weighted by Crippen LogP contribution is 2.63. The van der Waals surface area contributed by atoms with Gasteiger partial charge in [0.05, 0.1) is 22.7 Å². The fourth-order valence-corrected chi connectivity index (χ4v) is 10.5. The van der Waals surface area contributed by atoms with Crippen molar-refractivity contribution in [2.24, 2.45) is 5.41 Å². The number of fused-ring (bicyclic) bond motifs is 6. The average Bonchev–Trinajstić information content (AvgIpc) is 3.46. The number of anilines is 1. The topological polar surface area (TPSA) is 133 Å². The SMILES string of the molecule is CS(=O)(=O)NC(=O)C12CCC(NC(=O)[C@@H]3NC4(CCCCC4)[C@@]4(C(=O)Nc5cc(Cl)ccc54)[C@H]3c3cccc(Cl)c3F)(CC1)CC2. The first kappa shape index (κ1) is 31.8. The van der Waals surface area contributed by atoms with Crippen molar-refractivity contribution in [1.82, 2.24) is 15.4 Å². The molecule has 13 heteroatoms. The second kappa shape index (κ2) is 10.9. The molecule has 2 aromatic rings. The number of hydrogen-bond acceptors (Lipinski definition) is 6. The Morgan fingerprint density at radius 2 is 1.63 bits per heavy atom. The van der Waals surface area contributed by atoms with E-state index in [1.54, 1.807) is 24.3 Å². The number of sulfonamides is 1. The van der Waals surface area contributed by atoms with Crippen molar-refractivity contribution in [3.05, 3.63) is 63.4 Å². The molecule has 4 N–H and O–H groups in total. The second-order valence-electron chi connectivity index (χ2n) is 14.1. The zero-order valence-corrected chi connectivity index (χ0v) is 27.8. The number of nitrogens with one attached hydrogen (secondary N) is 4. The van der Waals surface area contributed by atoms with E-state index in [2.05, 4.69) is 20.7 Å². The van der Waals surface area contributed by atoms with E-state index < -0.39 is 55.6 Å². The lowest BCUT2D eigenvalue weighted by Gasteiger charge is -2.52. The summed E-state index contributed by atoms with van der Waals surface area (Å²) in [4.78, 5) is 42.2. The van der Waals surface area contributed by atoms with Crippen LogP contribution in [0.5, 0.6) is 0 Å². The molecular formula is C33H37Cl2FN4O5S. The molecule has 3 amide bonds. The van der Waals surface area contributed by atoms with Crippen LogP contribution in [0.15, 0.2) is 36.4 Å². The van der Waals surface area contributed by atoms with E-state index in [4.69, 9.17) is 23.2 Å². The van der Waals surface area contributed by atoms with E-state index in [0.29, 0.717) is 67.6 Å². The van der Waals surface area contributed by atoms with Crippen molar-refractivity contribution in [3.8, 4) is 0 Å². The summed E-state index contributed by atoms with van der Waals surface area (Å²) in [5.41, 5.74) is -2.13. The summed E-state index contributed by atoms with van der Waals surface area (Å²) in [7, 11) is -3.70. The van der Waals surface area contributed by atoms with Crippen molar-refractivity contribution >= 4 is 56.6 Å². The Morgan fingerprint density at radius 3 is 2.28 bits per heavy atom. The lowest BCUT2D eigenvalue weighted by atomic mass is 9.55. The highest BCUT2D eigenvalue weighted by atomic mass is 35.5. The molecule has 8 rings (SSSR count). The van der Waals surface area contributed by atoms with Crippen LogP contribution in [0.4, 0.5) is 10.1 Å². The van der Waals surface area contributed by atoms with E-state index in [-0.39, 0.29) is 22.4 Å². The van der Waals surface area contributed by atoms with Gasteiger partial charge >= 0.3 is 0 Å². The Kier molecular flexibility index (Phi) is 7.55. The van der Waals surface area contributed by atoms with E-state index in [1.807, 2.05) is 6.07 Å². The van der Waals surface area contributed by atoms with Crippen LogP contribution in [0.25, 0.3) is 0 Å². The van der Waals surface area contributed by atoms with Gasteiger partial charge in [-0.1, -0.05) is 60.7 Å². The molecule has 1 saturated heterocycles. The monoisotopic (exact) mass is 690 g/mol. The molecular weight excluding hydrogens is 654 g/mol. The van der Waals surface area contributed by atoms with Gasteiger partial charge in [0.2, 0.25) is 27.7 Å². The number of rotatable bonds is 5. The molecule has 2 aromatic carbocycles. The van der Waals surface area contributed by atoms with Crippen LogP contribution in [0.1, 0.15) is 87.7 Å². The van der Waals surface area contributed by atoms with Crippen LogP contribution in [0.3, 0.4) is 0 Å². The summed E-state index contributed by atoms with van der Waals surface area (Å²) < 4.78 is 41.9. The zero-order chi connectivity index (χ0) is 32.7. The van der Waals surface area contributed by atoms with Gasteiger partial charge in [-0.25, -0.2) is 12.8 Å². The van der Waals surface area contributed by atoms with Crippen LogP contribution in [0, 0.1) is 11.2 Å². The van der Waals surface area contributed by atoms with Crippen molar-refractivity contribution in [2.75, 3.05) is 11.6 Å². The third-order valence-corrected chi connectivity index (χ3v) is 12.8. The maximum Gasteiger partial charge on any atom is 0.239 e. The maximum absolute atomic E-state index is 16.2. The standard InChI is InChI=1S/C33H37Cl2FN4O5S/c1-46(44,45)40-28(42)30-12-15-31(16-13-30,17-14-30)39-27(41)26-24(20-6-5-7-22(35)25(20)36)33(32(38-26)10-3-2-4-11-32)21-9-8-19(34)18-23(21)37-29(33)43/h5-9,18,24,26,38H,2-4,10-17H2,1H3,(H,37,43)(H,39,41)(H,40,42)/t24-,26+,30?,31?,33+/m0/s1. The third kappa shape index (κ3) is 4.70. The van der Waals surface area contributed by atoms with Gasteiger partial charge in [0, 0.05) is 27.7 Å².